The molecule has 0 radical (unpaired) electrons. The maximum atomic E-state index is 6.53. The number of hydrogen-bond acceptors (Lipinski definition) is 2. The van der Waals surface area contributed by atoms with E-state index in [-0.39, 0.29) is 6.71 Å². The Morgan fingerprint density at radius 2 is 0.892 bits per heavy atom. The number of hydrogen-bond donors (Lipinski definition) is 0. The van der Waals surface area contributed by atoms with Gasteiger partial charge in [-0.3, -0.25) is 0 Å². The van der Waals surface area contributed by atoms with E-state index in [2.05, 4.69) is 247 Å². The van der Waals surface area contributed by atoms with Gasteiger partial charge in [-0.25, -0.2) is 0 Å². The number of rotatable bonds is 7. The molecule has 9 aromatic carbocycles. The molecule has 65 heavy (non-hydrogen) atoms. The van der Waals surface area contributed by atoms with E-state index in [9.17, 15) is 0 Å². The van der Waals surface area contributed by atoms with Crippen molar-refractivity contribution in [2.45, 2.75) is 41.5 Å². The molecule has 2 aliphatic rings. The lowest BCUT2D eigenvalue weighted by molar-refractivity contribution is 0.477. The van der Waals surface area contributed by atoms with E-state index in [0.717, 1.165) is 28.6 Å². The summed E-state index contributed by atoms with van der Waals surface area (Å²) >= 11 is 0. The fraction of sp³-hybridized carbons (Fsp3) is 0.100. The maximum Gasteiger partial charge on any atom is 0.242 e. The molecule has 2 nitrogen and oxygen atoms in total. The first-order valence-electron chi connectivity index (χ1n) is 22.8. The minimum Gasteiger partial charge on any atom is -0.453 e. The average Bonchev–Trinajstić information content (AvgIpc) is 3.32. The summed E-state index contributed by atoms with van der Waals surface area (Å²) in [7, 11) is -3.88. The van der Waals surface area contributed by atoms with Gasteiger partial charge in [-0.05, 0) is 123 Å². The zero-order valence-corrected chi connectivity index (χ0v) is 39.8. The molecule has 0 saturated heterocycles. The SMILES string of the molecule is Cc1cc(C)c(B(c2ccc(P3c4ccccc4[Si](c4ccccc4)(c4ccccc4)c4cc(N5c6ccccc6Oc6ccccc65)ccc43)cc2)c2c(C)cc(C)cc2C)c(C)c1. The Kier molecular flexibility index (Phi) is 10.3. The van der Waals surface area contributed by atoms with Gasteiger partial charge in [0.25, 0.3) is 0 Å². The van der Waals surface area contributed by atoms with Crippen molar-refractivity contribution in [3.05, 3.63) is 234 Å². The predicted octanol–water partition coefficient (Wildman–Crippen LogP) is 9.08. The molecule has 2 heterocycles. The molecule has 0 saturated carbocycles. The van der Waals surface area contributed by atoms with Crippen LogP contribution in [0.15, 0.2) is 200 Å². The second-order valence-electron chi connectivity index (χ2n) is 18.1. The summed E-state index contributed by atoms with van der Waals surface area (Å²) in [5.74, 6) is 1.72. The molecule has 0 fully saturated rings. The van der Waals surface area contributed by atoms with Gasteiger partial charge >= 0.3 is 0 Å². The zero-order valence-electron chi connectivity index (χ0n) is 37.9. The number of ether oxygens (including phenoxy) is 1. The van der Waals surface area contributed by atoms with Gasteiger partial charge < -0.3 is 9.64 Å². The summed E-state index contributed by atoms with van der Waals surface area (Å²) in [4.78, 5) is 2.41. The number of nitrogens with zero attached hydrogens (tertiary/aromatic N) is 1. The third-order valence-corrected chi connectivity index (χ3v) is 21.7. The largest absolute Gasteiger partial charge is 0.453 e. The standard InChI is InChI=1S/C60H51BNOPSi/c1-40-35-42(3)59(43(4)36-40)61(60-44(5)37-41(2)38-45(60)6)46-29-32-48(33-30-46)64-55-27-17-18-28-57(55)65(49-19-9-7-10-20-49,50-21-11-8-12-22-50)58-39-47(31-34-56(58)64)62-51-23-13-15-25-53(51)63-54-26-16-14-24-52(54)62/h7-39H,1-6H3. The minimum absolute atomic E-state index is 0.113. The Bertz CT molecular complexity index is 3090. The highest BCUT2D eigenvalue weighted by Crippen LogP contribution is 2.50. The first-order valence-corrected chi connectivity index (χ1v) is 26.1. The third-order valence-electron chi connectivity index (χ3n) is 13.8. The molecule has 5 heteroatoms. The molecule has 11 rings (SSSR count). The van der Waals surface area contributed by atoms with E-state index in [1.165, 1.54) is 86.4 Å². The van der Waals surface area contributed by atoms with E-state index in [4.69, 9.17) is 4.74 Å². The van der Waals surface area contributed by atoms with Gasteiger partial charge in [-0.15, -0.1) is 0 Å². The van der Waals surface area contributed by atoms with Crippen molar-refractivity contribution in [2.24, 2.45) is 0 Å². The van der Waals surface area contributed by atoms with Gasteiger partial charge in [0.15, 0.2) is 19.6 Å². The molecule has 314 valence electrons. The third kappa shape index (κ3) is 6.73. The maximum absolute atomic E-state index is 6.53. The Morgan fingerprint density at radius 3 is 1.43 bits per heavy atom. The van der Waals surface area contributed by atoms with Crippen LogP contribution >= 0.6 is 7.92 Å². The predicted molar refractivity (Wildman–Crippen MR) is 283 cm³/mol. The fourth-order valence-corrected chi connectivity index (χ4v) is 20.3. The van der Waals surface area contributed by atoms with Gasteiger partial charge in [-0.2, -0.15) is 0 Å². The van der Waals surface area contributed by atoms with Crippen molar-refractivity contribution in [2.75, 3.05) is 4.90 Å². The molecule has 9 aromatic rings. The van der Waals surface area contributed by atoms with Crippen molar-refractivity contribution in [1.82, 2.24) is 0 Å². The molecule has 0 N–H and O–H groups in total. The van der Waals surface area contributed by atoms with E-state index < -0.39 is 16.0 Å². The Hall–Kier alpha value is -6.71. The van der Waals surface area contributed by atoms with Crippen molar-refractivity contribution in [3.8, 4) is 11.5 Å². The van der Waals surface area contributed by atoms with E-state index in [1.807, 2.05) is 0 Å². The fourth-order valence-electron chi connectivity index (χ4n) is 11.4. The van der Waals surface area contributed by atoms with Crippen LogP contribution in [0.4, 0.5) is 17.1 Å². The van der Waals surface area contributed by atoms with Crippen LogP contribution < -0.4 is 62.7 Å². The van der Waals surface area contributed by atoms with Crippen LogP contribution in [0.2, 0.25) is 0 Å². The molecular weight excluding hydrogens is 821 g/mol. The minimum atomic E-state index is -2.92. The molecule has 1 unspecified atom stereocenters. The van der Waals surface area contributed by atoms with Crippen LogP contribution in [0.5, 0.6) is 11.5 Å². The second-order valence-corrected chi connectivity index (χ2v) is 23.9. The first kappa shape index (κ1) is 41.0. The summed E-state index contributed by atoms with van der Waals surface area (Å²) in [5, 5.41) is 9.93. The van der Waals surface area contributed by atoms with Crippen LogP contribution in [0.1, 0.15) is 33.4 Å². The van der Waals surface area contributed by atoms with Gasteiger partial charge in [0.2, 0.25) is 6.71 Å². The molecule has 2 aliphatic heterocycles. The first-order chi connectivity index (χ1) is 31.7. The summed E-state index contributed by atoms with van der Waals surface area (Å²) < 4.78 is 6.53. The highest BCUT2D eigenvalue weighted by Gasteiger charge is 2.49. The van der Waals surface area contributed by atoms with Gasteiger partial charge in [0.1, 0.15) is 0 Å². The summed E-state index contributed by atoms with van der Waals surface area (Å²) in [6, 6.07) is 75.8. The number of fused-ring (bicyclic) bond motifs is 4. The monoisotopic (exact) mass is 871 g/mol. The molecule has 1 atom stereocenters. The summed E-state index contributed by atoms with van der Waals surface area (Å²) in [6.45, 7) is 13.7. The quantitative estimate of drug-likeness (QED) is 0.117. The van der Waals surface area contributed by atoms with Crippen LogP contribution in [-0.2, 0) is 0 Å². The highest BCUT2D eigenvalue weighted by molar-refractivity contribution is 7.81. The van der Waals surface area contributed by atoms with Crippen molar-refractivity contribution in [1.29, 1.82) is 0 Å². The Balaban J connectivity index is 1.16. The lowest BCUT2D eigenvalue weighted by Gasteiger charge is -2.44. The molecule has 0 aromatic heterocycles. The van der Waals surface area contributed by atoms with Crippen LogP contribution in [0.3, 0.4) is 0 Å². The summed E-state index contributed by atoms with van der Waals surface area (Å²) in [6.07, 6.45) is 0. The lowest BCUT2D eigenvalue weighted by Crippen LogP contribution is -2.81. The highest BCUT2D eigenvalue weighted by atomic mass is 31.1. The second kappa shape index (κ2) is 16.4. The molecule has 0 spiro atoms. The van der Waals surface area contributed by atoms with Crippen molar-refractivity contribution in [3.63, 3.8) is 0 Å². The Labute approximate surface area is 387 Å². The van der Waals surface area contributed by atoms with Crippen LogP contribution in [-0.4, -0.2) is 14.8 Å². The topological polar surface area (TPSA) is 12.5 Å². The van der Waals surface area contributed by atoms with Crippen LogP contribution in [0, 0.1) is 41.5 Å². The average molecular weight is 872 g/mol. The van der Waals surface area contributed by atoms with Gasteiger partial charge in [0.05, 0.1) is 11.4 Å². The van der Waals surface area contributed by atoms with E-state index in [1.54, 1.807) is 0 Å². The molecule has 0 amide bonds. The molecular formula is C60H51BNOPSi. The van der Waals surface area contributed by atoms with E-state index in [0.29, 0.717) is 0 Å². The molecule has 0 aliphatic carbocycles. The van der Waals surface area contributed by atoms with Crippen molar-refractivity contribution >= 4 is 92.8 Å². The number of para-hydroxylation sites is 4. The number of anilines is 3. The number of aryl methyl sites for hydroxylation is 6. The van der Waals surface area contributed by atoms with Crippen molar-refractivity contribution < 1.29 is 4.74 Å². The van der Waals surface area contributed by atoms with E-state index >= 15 is 0 Å². The lowest BCUT2D eigenvalue weighted by atomic mass is 9.34. The van der Waals surface area contributed by atoms with Gasteiger partial charge in [0, 0.05) is 5.69 Å². The Morgan fingerprint density at radius 1 is 0.431 bits per heavy atom. The van der Waals surface area contributed by atoms with Gasteiger partial charge in [-0.1, -0.05) is 214 Å². The molecule has 0 bridgehead atoms. The zero-order chi connectivity index (χ0) is 44.4. The number of benzene rings is 9. The summed E-state index contributed by atoms with van der Waals surface area (Å²) in [5.41, 5.74) is 15.4. The normalized spacial score (nSPS) is 14.4. The van der Waals surface area contributed by atoms with Crippen LogP contribution in [0.25, 0.3) is 0 Å². The smallest absolute Gasteiger partial charge is 0.242 e.